The molecule has 34 heavy (non-hydrogen) atoms. The highest BCUT2D eigenvalue weighted by molar-refractivity contribution is 8.00. The molecule has 3 aromatic carbocycles. The normalized spacial score (nSPS) is 12.9. The number of aliphatic carboxylic acids is 1. The molecule has 0 bridgehead atoms. The van der Waals surface area contributed by atoms with Gasteiger partial charge in [-0.3, -0.25) is 4.79 Å². The highest BCUT2D eigenvalue weighted by atomic mass is 32.2. The highest BCUT2D eigenvalue weighted by Gasteiger charge is 2.33. The second-order valence-electron chi connectivity index (χ2n) is 8.75. The molecule has 0 aliphatic heterocycles. The number of carboxylic acids is 1. The molecule has 5 nitrogen and oxygen atoms in total. The molecule has 2 N–H and O–H groups in total. The molecular weight excluding hydrogens is 467 g/mol. The van der Waals surface area contributed by atoms with Gasteiger partial charge in [0.2, 0.25) is 0 Å². The number of thioether (sulfide) groups is 1. The lowest BCUT2D eigenvalue weighted by atomic mass is 9.86. The van der Waals surface area contributed by atoms with E-state index in [2.05, 4.69) is 5.32 Å². The fourth-order valence-electron chi connectivity index (χ4n) is 3.38. The minimum Gasteiger partial charge on any atom is -0.487 e. The van der Waals surface area contributed by atoms with Crippen LogP contribution in [0.1, 0.15) is 36.7 Å². The van der Waals surface area contributed by atoms with E-state index in [0.29, 0.717) is 10.9 Å². The number of carboxylic acid groups (broad SMARTS) is 1. The van der Waals surface area contributed by atoms with Gasteiger partial charge in [-0.2, -0.15) is 13.2 Å². The number of nitrogens with one attached hydrogen (secondary N) is 1. The van der Waals surface area contributed by atoms with Crippen molar-refractivity contribution < 1.29 is 32.6 Å². The number of amides is 1. The van der Waals surface area contributed by atoms with Crippen molar-refractivity contribution in [3.05, 3.63) is 71.8 Å². The smallest absolute Gasteiger partial charge is 0.446 e. The summed E-state index contributed by atoms with van der Waals surface area (Å²) < 4.78 is 43.7. The van der Waals surface area contributed by atoms with Gasteiger partial charge in [0, 0.05) is 10.3 Å². The number of halogens is 3. The molecule has 0 aliphatic carbocycles. The first-order chi connectivity index (χ1) is 15.8. The van der Waals surface area contributed by atoms with E-state index in [1.54, 1.807) is 45.0 Å². The van der Waals surface area contributed by atoms with E-state index in [9.17, 15) is 27.9 Å². The minimum absolute atomic E-state index is 0.00683. The van der Waals surface area contributed by atoms with E-state index >= 15 is 0 Å². The van der Waals surface area contributed by atoms with E-state index in [4.69, 9.17) is 4.74 Å². The molecule has 0 radical (unpaired) electrons. The van der Waals surface area contributed by atoms with Crippen molar-refractivity contribution in [2.45, 2.75) is 43.8 Å². The van der Waals surface area contributed by atoms with Crippen LogP contribution in [0.15, 0.2) is 65.6 Å². The summed E-state index contributed by atoms with van der Waals surface area (Å²) in [7, 11) is 0. The van der Waals surface area contributed by atoms with E-state index in [1.165, 1.54) is 24.3 Å². The Morgan fingerprint density at radius 3 is 2.24 bits per heavy atom. The van der Waals surface area contributed by atoms with Crippen LogP contribution >= 0.6 is 11.8 Å². The van der Waals surface area contributed by atoms with Gasteiger partial charge in [-0.05, 0) is 46.3 Å². The highest BCUT2D eigenvalue weighted by Crippen LogP contribution is 2.37. The first-order valence-electron chi connectivity index (χ1n) is 10.4. The summed E-state index contributed by atoms with van der Waals surface area (Å²) in [4.78, 5) is 24.9. The number of rotatable bonds is 7. The van der Waals surface area contributed by atoms with Crippen LogP contribution in [0, 0.1) is 5.41 Å². The Bertz CT molecular complexity index is 1190. The van der Waals surface area contributed by atoms with Gasteiger partial charge in [0.15, 0.2) is 0 Å². The molecule has 1 amide bonds. The average Bonchev–Trinajstić information content (AvgIpc) is 2.74. The molecule has 0 aliphatic rings. The maximum Gasteiger partial charge on any atom is 0.446 e. The predicted molar refractivity (Wildman–Crippen MR) is 125 cm³/mol. The first-order valence-corrected chi connectivity index (χ1v) is 11.2. The molecular formula is C25H24F3NO4S. The van der Waals surface area contributed by atoms with Gasteiger partial charge in [-0.15, -0.1) is 0 Å². The Labute approximate surface area is 199 Å². The van der Waals surface area contributed by atoms with Gasteiger partial charge >= 0.3 is 11.5 Å². The Balaban J connectivity index is 1.89. The molecule has 0 aromatic heterocycles. The Hall–Kier alpha value is -3.20. The molecule has 180 valence electrons. The second-order valence-corrected chi connectivity index (χ2v) is 9.89. The van der Waals surface area contributed by atoms with E-state index in [-0.39, 0.29) is 34.6 Å². The summed E-state index contributed by atoms with van der Waals surface area (Å²) in [6.45, 7) is 5.15. The number of benzene rings is 3. The van der Waals surface area contributed by atoms with Gasteiger partial charge in [0.25, 0.3) is 5.91 Å². The van der Waals surface area contributed by atoms with Crippen LogP contribution in [-0.2, 0) is 11.4 Å². The Kier molecular flexibility index (Phi) is 7.45. The minimum atomic E-state index is -4.37. The van der Waals surface area contributed by atoms with Crippen molar-refractivity contribution in [2.75, 3.05) is 0 Å². The molecule has 3 aromatic rings. The number of carbonyl (C=O) groups excluding carboxylic acids is 1. The number of alkyl halides is 3. The van der Waals surface area contributed by atoms with Crippen LogP contribution < -0.4 is 10.1 Å². The van der Waals surface area contributed by atoms with E-state index < -0.39 is 28.8 Å². The molecule has 3 rings (SSSR count). The van der Waals surface area contributed by atoms with Crippen molar-refractivity contribution in [1.82, 2.24) is 5.32 Å². The third-order valence-electron chi connectivity index (χ3n) is 5.05. The third-order valence-corrected chi connectivity index (χ3v) is 5.79. The predicted octanol–water partition coefficient (Wildman–Crippen LogP) is 6.26. The summed E-state index contributed by atoms with van der Waals surface area (Å²) in [5.74, 6) is -1.48. The van der Waals surface area contributed by atoms with Gasteiger partial charge < -0.3 is 15.2 Å². The maximum atomic E-state index is 13.1. The van der Waals surface area contributed by atoms with Crippen molar-refractivity contribution in [3.63, 3.8) is 0 Å². The lowest BCUT2D eigenvalue weighted by molar-refractivity contribution is -0.142. The lowest BCUT2D eigenvalue weighted by Gasteiger charge is -2.28. The average molecular weight is 492 g/mol. The first kappa shape index (κ1) is 25.4. The van der Waals surface area contributed by atoms with Gasteiger partial charge in [0.05, 0.1) is 5.56 Å². The van der Waals surface area contributed by atoms with Gasteiger partial charge in [-0.25, -0.2) is 4.79 Å². The van der Waals surface area contributed by atoms with Crippen LogP contribution in [0.5, 0.6) is 5.75 Å². The number of hydrogen-bond acceptors (Lipinski definition) is 4. The lowest BCUT2D eigenvalue weighted by Crippen LogP contribution is -2.49. The molecule has 0 saturated heterocycles. The SMILES string of the molecule is CC(C)(C)C(NC(=O)c1ccc2ccccc2c1OCc1ccc(SC(F)(F)F)cc1)C(=O)O. The van der Waals surface area contributed by atoms with Crippen molar-refractivity contribution in [3.8, 4) is 5.75 Å². The summed E-state index contributed by atoms with van der Waals surface area (Å²) in [5, 5.41) is 13.6. The van der Waals surface area contributed by atoms with Crippen molar-refractivity contribution >= 4 is 34.4 Å². The van der Waals surface area contributed by atoms with Crippen molar-refractivity contribution in [1.29, 1.82) is 0 Å². The number of ether oxygens (including phenoxy) is 1. The van der Waals surface area contributed by atoms with Crippen molar-refractivity contribution in [2.24, 2.45) is 5.41 Å². The number of fused-ring (bicyclic) bond motifs is 1. The van der Waals surface area contributed by atoms with Gasteiger partial charge in [-0.1, -0.05) is 63.2 Å². The van der Waals surface area contributed by atoms with Crippen LogP contribution in [-0.4, -0.2) is 28.5 Å². The molecule has 1 unspecified atom stereocenters. The fraction of sp³-hybridized carbons (Fsp3) is 0.280. The standard InChI is InChI=1S/C25H24F3NO4S/c1-24(2,3)21(23(31)32)29-22(30)19-13-10-16-6-4-5-7-18(16)20(19)33-14-15-8-11-17(12-9-15)34-25(26,27)28/h4-13,21H,14H2,1-3H3,(H,29,30)(H,31,32). The largest absolute Gasteiger partial charge is 0.487 e. The van der Waals surface area contributed by atoms with Crippen LogP contribution in [0.2, 0.25) is 0 Å². The second kappa shape index (κ2) is 9.97. The number of carbonyl (C=O) groups is 2. The van der Waals surface area contributed by atoms with Crippen LogP contribution in [0.4, 0.5) is 13.2 Å². The Morgan fingerprint density at radius 1 is 1.00 bits per heavy atom. The van der Waals surface area contributed by atoms with E-state index in [1.807, 2.05) is 12.1 Å². The zero-order chi connectivity index (χ0) is 25.1. The number of hydrogen-bond donors (Lipinski definition) is 2. The molecule has 0 heterocycles. The zero-order valence-electron chi connectivity index (χ0n) is 18.8. The summed E-state index contributed by atoms with van der Waals surface area (Å²) in [5.41, 5.74) is -4.32. The fourth-order valence-corrected chi connectivity index (χ4v) is 3.92. The molecule has 9 heteroatoms. The topological polar surface area (TPSA) is 75.6 Å². The molecule has 0 saturated carbocycles. The summed E-state index contributed by atoms with van der Waals surface area (Å²) in [6.07, 6.45) is 0. The van der Waals surface area contributed by atoms with E-state index in [0.717, 1.165) is 5.39 Å². The quantitative estimate of drug-likeness (QED) is 0.382. The molecule has 0 fully saturated rings. The molecule has 1 atom stereocenters. The zero-order valence-corrected chi connectivity index (χ0v) is 19.6. The Morgan fingerprint density at radius 2 is 1.65 bits per heavy atom. The van der Waals surface area contributed by atoms with Gasteiger partial charge in [0.1, 0.15) is 18.4 Å². The van der Waals surface area contributed by atoms with Crippen LogP contribution in [0.25, 0.3) is 10.8 Å². The molecule has 0 spiro atoms. The maximum absolute atomic E-state index is 13.1. The summed E-state index contributed by atoms with van der Waals surface area (Å²) >= 11 is -0.200. The summed E-state index contributed by atoms with van der Waals surface area (Å²) in [6, 6.07) is 15.2. The monoisotopic (exact) mass is 491 g/mol. The third kappa shape index (κ3) is 6.44. The van der Waals surface area contributed by atoms with Crippen LogP contribution in [0.3, 0.4) is 0 Å².